The number of carbonyl (C=O) groups excluding carboxylic acids is 1. The van der Waals surface area contributed by atoms with E-state index in [-0.39, 0.29) is 11.2 Å². The molecule has 14 heavy (non-hydrogen) atoms. The molecule has 0 aromatic carbocycles. The van der Waals surface area contributed by atoms with E-state index < -0.39 is 0 Å². The topological polar surface area (TPSA) is 43.1 Å². The van der Waals surface area contributed by atoms with Crippen LogP contribution in [0.1, 0.15) is 44.9 Å². The monoisotopic (exact) mass is 193 g/mol. The van der Waals surface area contributed by atoms with Gasteiger partial charge in [0.2, 0.25) is 0 Å². The fourth-order valence-electron chi connectivity index (χ4n) is 2.28. The van der Waals surface area contributed by atoms with Crippen LogP contribution in [0.15, 0.2) is 0 Å². The van der Waals surface area contributed by atoms with Gasteiger partial charge in [0, 0.05) is 24.8 Å². The van der Waals surface area contributed by atoms with Crippen molar-refractivity contribution < 1.29 is 4.79 Å². The fourth-order valence-corrected chi connectivity index (χ4v) is 2.28. The summed E-state index contributed by atoms with van der Waals surface area (Å²) in [5, 5.41) is 0. The van der Waals surface area contributed by atoms with Crippen molar-refractivity contribution in [2.24, 2.45) is 11.1 Å². The van der Waals surface area contributed by atoms with Gasteiger partial charge in [0.15, 0.2) is 0 Å². The predicted molar refractivity (Wildman–Crippen MR) is 57.6 cm³/mol. The second kappa shape index (κ2) is 5.17. The summed E-state index contributed by atoms with van der Waals surface area (Å²) in [6.07, 6.45) is 11.7. The molecule has 0 heterocycles. The van der Waals surface area contributed by atoms with Gasteiger partial charge in [0.25, 0.3) is 0 Å². The largest absolute Gasteiger partial charge is 0.329 e. The van der Waals surface area contributed by atoms with Gasteiger partial charge in [0.05, 0.1) is 0 Å². The molecule has 1 rings (SSSR count). The van der Waals surface area contributed by atoms with Crippen LogP contribution in [-0.4, -0.2) is 12.3 Å². The molecule has 0 aromatic rings. The summed E-state index contributed by atoms with van der Waals surface area (Å²) in [7, 11) is 0. The van der Waals surface area contributed by atoms with Gasteiger partial charge in [-0.25, -0.2) is 0 Å². The van der Waals surface area contributed by atoms with E-state index in [0.717, 1.165) is 25.7 Å². The molecule has 0 amide bonds. The molecule has 1 fully saturated rings. The van der Waals surface area contributed by atoms with E-state index in [1.807, 2.05) is 0 Å². The Morgan fingerprint density at radius 3 is 2.50 bits per heavy atom. The summed E-state index contributed by atoms with van der Waals surface area (Å²) in [6.45, 7) is 0.496. The smallest absolute Gasteiger partial charge is 0.141 e. The van der Waals surface area contributed by atoms with Crippen LogP contribution in [0, 0.1) is 17.8 Å². The summed E-state index contributed by atoms with van der Waals surface area (Å²) in [5.74, 6) is 2.81. The Kier molecular flexibility index (Phi) is 4.16. The van der Waals surface area contributed by atoms with Crippen LogP contribution >= 0.6 is 0 Å². The van der Waals surface area contributed by atoms with Crippen LogP contribution in [0.25, 0.3) is 0 Å². The predicted octanol–water partition coefficient (Wildman–Crippen LogP) is 1.88. The molecule has 2 nitrogen and oxygen atoms in total. The zero-order valence-corrected chi connectivity index (χ0v) is 8.72. The lowest BCUT2D eigenvalue weighted by molar-refractivity contribution is -0.129. The molecule has 1 aliphatic rings. The van der Waals surface area contributed by atoms with Gasteiger partial charge in [-0.1, -0.05) is 19.3 Å². The second-order valence-corrected chi connectivity index (χ2v) is 4.17. The number of nitrogens with two attached hydrogens (primary N) is 1. The zero-order chi connectivity index (χ0) is 10.4. The molecule has 0 aliphatic heterocycles. The summed E-state index contributed by atoms with van der Waals surface area (Å²) in [6, 6.07) is 0. The van der Waals surface area contributed by atoms with Crippen molar-refractivity contribution in [2.45, 2.75) is 44.9 Å². The molecule has 1 saturated carbocycles. The van der Waals surface area contributed by atoms with E-state index in [9.17, 15) is 4.79 Å². The van der Waals surface area contributed by atoms with Gasteiger partial charge < -0.3 is 5.73 Å². The Labute approximate surface area is 86.2 Å². The number of carbonyl (C=O) groups is 1. The molecular formula is C12H19NO. The third-order valence-corrected chi connectivity index (χ3v) is 3.29. The molecule has 0 spiro atoms. The number of terminal acetylenes is 1. The Morgan fingerprint density at radius 1 is 1.36 bits per heavy atom. The highest BCUT2D eigenvalue weighted by Gasteiger charge is 2.36. The molecule has 2 heteroatoms. The zero-order valence-electron chi connectivity index (χ0n) is 8.72. The van der Waals surface area contributed by atoms with E-state index in [2.05, 4.69) is 5.92 Å². The van der Waals surface area contributed by atoms with E-state index >= 15 is 0 Å². The van der Waals surface area contributed by atoms with Crippen LogP contribution in [0.2, 0.25) is 0 Å². The Hall–Kier alpha value is -0.810. The minimum atomic E-state index is -0.227. The number of hydrogen-bond donors (Lipinski definition) is 1. The van der Waals surface area contributed by atoms with E-state index in [1.54, 1.807) is 0 Å². The molecule has 2 N–H and O–H groups in total. The minimum Gasteiger partial charge on any atom is -0.329 e. The van der Waals surface area contributed by atoms with Gasteiger partial charge in [-0.15, -0.1) is 12.3 Å². The number of Topliss-reactive ketones (excluding diaryl/α,β-unsaturated/α-hetero) is 1. The van der Waals surface area contributed by atoms with Crippen LogP contribution < -0.4 is 5.73 Å². The number of ketones is 1. The van der Waals surface area contributed by atoms with Crippen LogP contribution in [-0.2, 0) is 4.79 Å². The van der Waals surface area contributed by atoms with Crippen molar-refractivity contribution in [1.29, 1.82) is 0 Å². The fraction of sp³-hybridized carbons (Fsp3) is 0.750. The molecule has 0 radical (unpaired) electrons. The maximum absolute atomic E-state index is 11.9. The molecule has 0 unspecified atom stereocenters. The third kappa shape index (κ3) is 2.36. The SMILES string of the molecule is C#CCCC(=O)C1(CN)CCCCC1. The summed E-state index contributed by atoms with van der Waals surface area (Å²) >= 11 is 0. The number of hydrogen-bond acceptors (Lipinski definition) is 2. The Morgan fingerprint density at radius 2 is 2.00 bits per heavy atom. The van der Waals surface area contributed by atoms with Crippen LogP contribution in [0.3, 0.4) is 0 Å². The normalized spacial score (nSPS) is 20.0. The van der Waals surface area contributed by atoms with Gasteiger partial charge >= 0.3 is 0 Å². The van der Waals surface area contributed by atoms with E-state index in [4.69, 9.17) is 12.2 Å². The van der Waals surface area contributed by atoms with E-state index in [0.29, 0.717) is 19.4 Å². The minimum absolute atomic E-state index is 0.227. The van der Waals surface area contributed by atoms with Gasteiger partial charge in [-0.2, -0.15) is 0 Å². The first-order chi connectivity index (χ1) is 6.75. The lowest BCUT2D eigenvalue weighted by atomic mass is 9.70. The second-order valence-electron chi connectivity index (χ2n) is 4.17. The summed E-state index contributed by atoms with van der Waals surface area (Å²) in [5.41, 5.74) is 5.51. The maximum atomic E-state index is 11.9. The molecule has 0 atom stereocenters. The molecule has 78 valence electrons. The highest BCUT2D eigenvalue weighted by atomic mass is 16.1. The Balaban J connectivity index is 2.58. The van der Waals surface area contributed by atoms with Gasteiger partial charge in [-0.3, -0.25) is 4.79 Å². The van der Waals surface area contributed by atoms with Gasteiger partial charge in [-0.05, 0) is 12.8 Å². The highest BCUT2D eigenvalue weighted by Crippen LogP contribution is 2.37. The lowest BCUT2D eigenvalue weighted by Crippen LogP contribution is -2.40. The van der Waals surface area contributed by atoms with Gasteiger partial charge in [0.1, 0.15) is 5.78 Å². The van der Waals surface area contributed by atoms with Crippen LogP contribution in [0.4, 0.5) is 0 Å². The van der Waals surface area contributed by atoms with Crippen molar-refractivity contribution in [3.05, 3.63) is 0 Å². The van der Waals surface area contributed by atoms with Crippen molar-refractivity contribution in [2.75, 3.05) is 6.54 Å². The first-order valence-electron chi connectivity index (χ1n) is 5.42. The lowest BCUT2D eigenvalue weighted by Gasteiger charge is -2.34. The molecule has 0 bridgehead atoms. The highest BCUT2D eigenvalue weighted by molar-refractivity contribution is 5.85. The van der Waals surface area contributed by atoms with Crippen molar-refractivity contribution in [3.63, 3.8) is 0 Å². The van der Waals surface area contributed by atoms with Crippen LogP contribution in [0.5, 0.6) is 0 Å². The standard InChI is InChI=1S/C12H19NO/c1-2-3-7-11(14)12(10-13)8-5-4-6-9-12/h1H,3-10,13H2. The Bertz CT molecular complexity index is 233. The first kappa shape index (κ1) is 11.3. The summed E-state index contributed by atoms with van der Waals surface area (Å²) in [4.78, 5) is 11.9. The van der Waals surface area contributed by atoms with Crippen molar-refractivity contribution >= 4 is 5.78 Å². The third-order valence-electron chi connectivity index (χ3n) is 3.29. The molecule has 0 aromatic heterocycles. The average molecular weight is 193 g/mol. The maximum Gasteiger partial charge on any atom is 0.141 e. The van der Waals surface area contributed by atoms with E-state index in [1.165, 1.54) is 6.42 Å². The van der Waals surface area contributed by atoms with Crippen molar-refractivity contribution in [1.82, 2.24) is 0 Å². The summed E-state index contributed by atoms with van der Waals surface area (Å²) < 4.78 is 0. The van der Waals surface area contributed by atoms with Crippen molar-refractivity contribution in [3.8, 4) is 12.3 Å². The molecular weight excluding hydrogens is 174 g/mol. The molecule has 1 aliphatic carbocycles. The quantitative estimate of drug-likeness (QED) is 0.693. The molecule has 0 saturated heterocycles. The average Bonchev–Trinajstić information content (AvgIpc) is 2.26. The number of rotatable bonds is 4. The first-order valence-corrected chi connectivity index (χ1v) is 5.42.